The number of urea groups is 1. The zero-order chi connectivity index (χ0) is 13.8. The van der Waals surface area contributed by atoms with Crippen LogP contribution >= 0.6 is 12.2 Å². The van der Waals surface area contributed by atoms with E-state index in [1.165, 1.54) is 6.42 Å². The number of nitrogens with zero attached hydrogens (tertiary/aromatic N) is 3. The second kappa shape index (κ2) is 6.52. The Morgan fingerprint density at radius 2 is 1.89 bits per heavy atom. The van der Waals surface area contributed by atoms with Crippen molar-refractivity contribution in [2.24, 2.45) is 11.7 Å². The van der Waals surface area contributed by atoms with E-state index in [2.05, 4.69) is 11.8 Å². The predicted octanol–water partition coefficient (Wildman–Crippen LogP) is 0.742. The van der Waals surface area contributed by atoms with Crippen molar-refractivity contribution in [3.63, 3.8) is 0 Å². The molecule has 2 heterocycles. The highest BCUT2D eigenvalue weighted by atomic mass is 32.1. The predicted molar refractivity (Wildman–Crippen MR) is 80.2 cm³/mol. The molecule has 0 aromatic rings. The summed E-state index contributed by atoms with van der Waals surface area (Å²) in [6.45, 7) is 8.01. The minimum absolute atomic E-state index is 0.210. The Labute approximate surface area is 120 Å². The normalized spacial score (nSPS) is 25.4. The Bertz CT molecular complexity index is 342. The van der Waals surface area contributed by atoms with Gasteiger partial charge < -0.3 is 15.5 Å². The van der Waals surface area contributed by atoms with Crippen LogP contribution < -0.4 is 5.73 Å². The highest BCUT2D eigenvalue weighted by Gasteiger charge is 2.27. The first kappa shape index (κ1) is 14.5. The minimum atomic E-state index is 0.210. The van der Waals surface area contributed by atoms with Crippen molar-refractivity contribution in [3.05, 3.63) is 0 Å². The Morgan fingerprint density at radius 3 is 2.47 bits per heavy atom. The van der Waals surface area contributed by atoms with Crippen LogP contribution in [0.5, 0.6) is 0 Å². The second-order valence-corrected chi connectivity index (χ2v) is 6.23. The van der Waals surface area contributed by atoms with E-state index in [1.807, 2.05) is 9.80 Å². The summed E-state index contributed by atoms with van der Waals surface area (Å²) in [5, 5.41) is 0. The number of piperazine rings is 1. The van der Waals surface area contributed by atoms with Gasteiger partial charge in [0.2, 0.25) is 0 Å². The molecule has 0 saturated carbocycles. The largest absolute Gasteiger partial charge is 0.392 e. The Balaban J connectivity index is 1.80. The Hall–Kier alpha value is -0.880. The monoisotopic (exact) mass is 284 g/mol. The molecule has 1 atom stereocenters. The summed E-state index contributed by atoms with van der Waals surface area (Å²) in [7, 11) is 0. The van der Waals surface area contributed by atoms with Crippen molar-refractivity contribution >= 4 is 23.2 Å². The van der Waals surface area contributed by atoms with E-state index in [-0.39, 0.29) is 6.03 Å². The van der Waals surface area contributed by atoms with Gasteiger partial charge in [0, 0.05) is 45.8 Å². The summed E-state index contributed by atoms with van der Waals surface area (Å²) < 4.78 is 0. The zero-order valence-electron chi connectivity index (χ0n) is 11.7. The molecule has 1 unspecified atom stereocenters. The fourth-order valence-corrected chi connectivity index (χ4v) is 3.06. The van der Waals surface area contributed by atoms with Gasteiger partial charge in [-0.25, -0.2) is 4.79 Å². The maximum absolute atomic E-state index is 12.4. The lowest BCUT2D eigenvalue weighted by molar-refractivity contribution is 0.105. The molecule has 2 saturated heterocycles. The molecule has 0 radical (unpaired) electrons. The Kier molecular flexibility index (Phi) is 4.99. The molecule has 108 valence electrons. The van der Waals surface area contributed by atoms with E-state index in [1.54, 1.807) is 0 Å². The van der Waals surface area contributed by atoms with Crippen LogP contribution in [0.3, 0.4) is 0 Å². The summed E-state index contributed by atoms with van der Waals surface area (Å²) in [4.78, 5) is 19.1. The molecule has 5 nitrogen and oxygen atoms in total. The van der Waals surface area contributed by atoms with Crippen LogP contribution in [-0.2, 0) is 0 Å². The lowest BCUT2D eigenvalue weighted by Gasteiger charge is -2.39. The molecule has 0 aliphatic carbocycles. The van der Waals surface area contributed by atoms with E-state index < -0.39 is 0 Å². The number of thiocarbonyl (C=S) groups is 1. The molecular weight excluding hydrogens is 260 g/mol. The highest BCUT2D eigenvalue weighted by molar-refractivity contribution is 7.80. The molecule has 2 N–H and O–H groups in total. The fourth-order valence-electron chi connectivity index (χ4n) is 2.88. The molecule has 0 aromatic heterocycles. The van der Waals surface area contributed by atoms with E-state index in [0.29, 0.717) is 17.5 Å². The van der Waals surface area contributed by atoms with Gasteiger partial charge in [-0.1, -0.05) is 19.1 Å². The summed E-state index contributed by atoms with van der Waals surface area (Å²) in [5.41, 5.74) is 5.55. The minimum Gasteiger partial charge on any atom is -0.392 e. The highest BCUT2D eigenvalue weighted by Crippen LogP contribution is 2.17. The van der Waals surface area contributed by atoms with Crippen molar-refractivity contribution in [3.8, 4) is 0 Å². The quantitative estimate of drug-likeness (QED) is 0.760. The first-order valence-electron chi connectivity index (χ1n) is 7.11. The summed E-state index contributed by atoms with van der Waals surface area (Å²) >= 11 is 4.92. The first-order chi connectivity index (χ1) is 9.06. The average molecular weight is 284 g/mol. The van der Waals surface area contributed by atoms with Crippen LogP contribution in [0.15, 0.2) is 0 Å². The van der Waals surface area contributed by atoms with Crippen LogP contribution in [0.4, 0.5) is 4.79 Å². The van der Waals surface area contributed by atoms with Gasteiger partial charge in [-0.3, -0.25) is 4.90 Å². The SMILES string of the molecule is CC1CCCN(C(=O)N2CCN(CC(N)=S)CC2)C1. The molecule has 2 aliphatic heterocycles. The van der Waals surface area contributed by atoms with Crippen LogP contribution in [0.25, 0.3) is 0 Å². The summed E-state index contributed by atoms with van der Waals surface area (Å²) in [6, 6.07) is 0.210. The number of carbonyl (C=O) groups excluding carboxylic acids is 1. The number of carbonyl (C=O) groups is 1. The van der Waals surface area contributed by atoms with E-state index >= 15 is 0 Å². The van der Waals surface area contributed by atoms with E-state index in [0.717, 1.165) is 45.7 Å². The van der Waals surface area contributed by atoms with Crippen LogP contribution in [-0.4, -0.2) is 71.5 Å². The van der Waals surface area contributed by atoms with Crippen LogP contribution in [0.1, 0.15) is 19.8 Å². The van der Waals surface area contributed by atoms with Crippen molar-refractivity contribution < 1.29 is 4.79 Å². The molecule has 2 aliphatic rings. The number of likely N-dealkylation sites (tertiary alicyclic amines) is 1. The van der Waals surface area contributed by atoms with Crippen molar-refractivity contribution in [1.29, 1.82) is 0 Å². The van der Waals surface area contributed by atoms with Crippen LogP contribution in [0, 0.1) is 5.92 Å². The smallest absolute Gasteiger partial charge is 0.320 e. The van der Waals surface area contributed by atoms with Gasteiger partial charge in [0.1, 0.15) is 0 Å². The molecule has 2 amide bonds. The molecule has 6 heteroatoms. The van der Waals surface area contributed by atoms with Crippen molar-refractivity contribution in [2.75, 3.05) is 45.8 Å². The van der Waals surface area contributed by atoms with Crippen LogP contribution in [0.2, 0.25) is 0 Å². The van der Waals surface area contributed by atoms with Gasteiger partial charge in [0.15, 0.2) is 0 Å². The van der Waals surface area contributed by atoms with Gasteiger partial charge in [0.25, 0.3) is 0 Å². The Morgan fingerprint density at radius 1 is 1.21 bits per heavy atom. The van der Waals surface area contributed by atoms with Crippen molar-refractivity contribution in [2.45, 2.75) is 19.8 Å². The number of piperidine rings is 1. The average Bonchev–Trinajstić information content (AvgIpc) is 2.38. The number of hydrogen-bond donors (Lipinski definition) is 1. The third-order valence-corrected chi connectivity index (χ3v) is 4.08. The van der Waals surface area contributed by atoms with E-state index in [9.17, 15) is 4.79 Å². The zero-order valence-corrected chi connectivity index (χ0v) is 12.5. The number of hydrogen-bond acceptors (Lipinski definition) is 3. The van der Waals surface area contributed by atoms with Gasteiger partial charge >= 0.3 is 6.03 Å². The van der Waals surface area contributed by atoms with Gasteiger partial charge in [0.05, 0.1) is 4.99 Å². The summed E-state index contributed by atoms with van der Waals surface area (Å²) in [5.74, 6) is 0.633. The van der Waals surface area contributed by atoms with Gasteiger partial charge in [-0.05, 0) is 18.8 Å². The maximum atomic E-state index is 12.4. The molecule has 0 aromatic carbocycles. The number of rotatable bonds is 2. The topological polar surface area (TPSA) is 52.8 Å². The maximum Gasteiger partial charge on any atom is 0.320 e. The fraction of sp³-hybridized carbons (Fsp3) is 0.846. The lowest BCUT2D eigenvalue weighted by atomic mass is 10.0. The van der Waals surface area contributed by atoms with Gasteiger partial charge in [-0.2, -0.15) is 0 Å². The molecule has 19 heavy (non-hydrogen) atoms. The number of nitrogens with two attached hydrogens (primary N) is 1. The molecule has 0 spiro atoms. The standard InChI is InChI=1S/C13H24N4OS/c1-11-3-2-4-17(9-11)13(18)16-7-5-15(6-8-16)10-12(14)19/h11H,2-10H2,1H3,(H2,14,19). The summed E-state index contributed by atoms with van der Waals surface area (Å²) in [6.07, 6.45) is 2.37. The lowest BCUT2D eigenvalue weighted by Crippen LogP contribution is -2.55. The third-order valence-electron chi connectivity index (χ3n) is 3.95. The molecule has 2 fully saturated rings. The second-order valence-electron chi connectivity index (χ2n) is 5.71. The molecule has 2 rings (SSSR count). The number of amides is 2. The molecule has 0 bridgehead atoms. The first-order valence-corrected chi connectivity index (χ1v) is 7.51. The van der Waals surface area contributed by atoms with Crippen molar-refractivity contribution in [1.82, 2.24) is 14.7 Å². The van der Waals surface area contributed by atoms with Gasteiger partial charge in [-0.15, -0.1) is 0 Å². The molecular formula is C13H24N4OS. The van der Waals surface area contributed by atoms with E-state index in [4.69, 9.17) is 18.0 Å². The third kappa shape index (κ3) is 4.04.